The highest BCUT2D eigenvalue weighted by atomic mass is 16.5. The fourth-order valence-corrected chi connectivity index (χ4v) is 1.84. The minimum atomic E-state index is 0.829. The van der Waals surface area contributed by atoms with E-state index in [-0.39, 0.29) is 0 Å². The molecule has 0 aliphatic rings. The van der Waals surface area contributed by atoms with Crippen LogP contribution in [0.25, 0.3) is 0 Å². The number of rotatable bonds is 3. The number of para-hydroxylation sites is 2. The fraction of sp³-hybridized carbons (Fsp3) is 0.308. The van der Waals surface area contributed by atoms with E-state index >= 15 is 0 Å². The molecule has 1 N–H and O–H groups in total. The van der Waals surface area contributed by atoms with Crippen LogP contribution < -0.4 is 10.1 Å². The van der Waals surface area contributed by atoms with Crippen molar-refractivity contribution in [1.29, 1.82) is 0 Å². The summed E-state index contributed by atoms with van der Waals surface area (Å²) < 4.78 is 7.18. The Morgan fingerprint density at radius 2 is 1.94 bits per heavy atom. The summed E-state index contributed by atoms with van der Waals surface area (Å²) in [7, 11) is 3.61. The summed E-state index contributed by atoms with van der Waals surface area (Å²) in [5.74, 6) is 0.829. The van der Waals surface area contributed by atoms with E-state index in [1.54, 1.807) is 7.11 Å². The number of aryl methyl sites for hydroxylation is 2. The van der Waals surface area contributed by atoms with Crippen molar-refractivity contribution in [2.75, 3.05) is 12.4 Å². The smallest absolute Gasteiger partial charge is 0.142 e. The van der Waals surface area contributed by atoms with Crippen molar-refractivity contribution in [1.82, 2.24) is 9.78 Å². The van der Waals surface area contributed by atoms with Crippen LogP contribution in [0.3, 0.4) is 0 Å². The molecule has 90 valence electrons. The van der Waals surface area contributed by atoms with E-state index in [9.17, 15) is 0 Å². The Bertz CT molecular complexity index is 531. The first-order valence-corrected chi connectivity index (χ1v) is 5.53. The number of benzene rings is 1. The predicted octanol–water partition coefficient (Wildman–Crippen LogP) is 2.79. The molecule has 17 heavy (non-hydrogen) atoms. The average molecular weight is 231 g/mol. The van der Waals surface area contributed by atoms with Crippen LogP contribution >= 0.6 is 0 Å². The number of hydrogen-bond donors (Lipinski definition) is 1. The summed E-state index contributed by atoms with van der Waals surface area (Å²) >= 11 is 0. The Morgan fingerprint density at radius 1 is 1.24 bits per heavy atom. The van der Waals surface area contributed by atoms with E-state index in [0.29, 0.717) is 0 Å². The monoisotopic (exact) mass is 231 g/mol. The second kappa shape index (κ2) is 4.49. The zero-order valence-electron chi connectivity index (χ0n) is 10.6. The highest BCUT2D eigenvalue weighted by Crippen LogP contribution is 2.29. The third kappa shape index (κ3) is 2.11. The first-order valence-electron chi connectivity index (χ1n) is 5.53. The topological polar surface area (TPSA) is 39.1 Å². The van der Waals surface area contributed by atoms with Crippen molar-refractivity contribution in [2.24, 2.45) is 7.05 Å². The van der Waals surface area contributed by atoms with Crippen LogP contribution in [0.2, 0.25) is 0 Å². The molecule has 0 saturated carbocycles. The first-order chi connectivity index (χ1) is 8.13. The Kier molecular flexibility index (Phi) is 3.04. The van der Waals surface area contributed by atoms with E-state index in [2.05, 4.69) is 10.4 Å². The lowest BCUT2D eigenvalue weighted by Crippen LogP contribution is -1.97. The van der Waals surface area contributed by atoms with Crippen LogP contribution in [0.1, 0.15) is 11.4 Å². The summed E-state index contributed by atoms with van der Waals surface area (Å²) in [5, 5.41) is 7.75. The van der Waals surface area contributed by atoms with E-state index in [1.165, 1.54) is 0 Å². The summed E-state index contributed by atoms with van der Waals surface area (Å²) in [6.07, 6.45) is 0. The van der Waals surface area contributed by atoms with Crippen LogP contribution in [0.4, 0.5) is 11.4 Å². The van der Waals surface area contributed by atoms with Crippen LogP contribution in [0.15, 0.2) is 24.3 Å². The molecular formula is C13H17N3O. The Labute approximate surface area is 101 Å². The molecule has 0 amide bonds. The van der Waals surface area contributed by atoms with Gasteiger partial charge in [-0.15, -0.1) is 0 Å². The maximum atomic E-state index is 5.31. The number of nitrogens with one attached hydrogen (secondary N) is 1. The SMILES string of the molecule is COc1ccccc1Nc1c(C)nn(C)c1C. The summed E-state index contributed by atoms with van der Waals surface area (Å²) in [5.41, 5.74) is 4.08. The summed E-state index contributed by atoms with van der Waals surface area (Å²) in [6.45, 7) is 4.03. The van der Waals surface area contributed by atoms with E-state index in [4.69, 9.17) is 4.74 Å². The number of nitrogens with zero attached hydrogens (tertiary/aromatic N) is 2. The molecule has 0 radical (unpaired) electrons. The van der Waals surface area contributed by atoms with Gasteiger partial charge in [-0.05, 0) is 26.0 Å². The number of anilines is 2. The Balaban J connectivity index is 2.38. The van der Waals surface area contributed by atoms with Gasteiger partial charge in [-0.2, -0.15) is 5.10 Å². The van der Waals surface area contributed by atoms with Gasteiger partial charge in [0.1, 0.15) is 5.75 Å². The van der Waals surface area contributed by atoms with E-state index in [1.807, 2.05) is 49.8 Å². The molecule has 2 aromatic rings. The largest absolute Gasteiger partial charge is 0.495 e. The molecule has 0 aliphatic heterocycles. The Morgan fingerprint density at radius 3 is 2.53 bits per heavy atom. The van der Waals surface area contributed by atoms with Crippen LogP contribution in [0.5, 0.6) is 5.75 Å². The van der Waals surface area contributed by atoms with Crippen molar-refractivity contribution in [2.45, 2.75) is 13.8 Å². The van der Waals surface area contributed by atoms with Crippen molar-refractivity contribution < 1.29 is 4.74 Å². The Hall–Kier alpha value is -1.97. The molecule has 0 fully saturated rings. The molecular weight excluding hydrogens is 214 g/mol. The highest BCUT2D eigenvalue weighted by molar-refractivity contribution is 5.69. The summed E-state index contributed by atoms with van der Waals surface area (Å²) in [4.78, 5) is 0. The zero-order chi connectivity index (χ0) is 12.4. The van der Waals surface area contributed by atoms with Gasteiger partial charge >= 0.3 is 0 Å². The first kappa shape index (κ1) is 11.5. The molecule has 4 nitrogen and oxygen atoms in total. The number of hydrogen-bond acceptors (Lipinski definition) is 3. The number of ether oxygens (including phenoxy) is 1. The second-order valence-corrected chi connectivity index (χ2v) is 3.99. The van der Waals surface area contributed by atoms with Crippen LogP contribution in [0, 0.1) is 13.8 Å². The maximum absolute atomic E-state index is 5.31. The quantitative estimate of drug-likeness (QED) is 0.882. The lowest BCUT2D eigenvalue weighted by Gasteiger charge is -2.11. The standard InChI is InChI=1S/C13H17N3O/c1-9-13(10(2)16(3)15-9)14-11-7-5-6-8-12(11)17-4/h5-8,14H,1-4H3. The van der Waals surface area contributed by atoms with Crippen molar-refractivity contribution >= 4 is 11.4 Å². The lowest BCUT2D eigenvalue weighted by atomic mass is 10.2. The van der Waals surface area contributed by atoms with Crippen molar-refractivity contribution in [3.63, 3.8) is 0 Å². The van der Waals surface area contributed by atoms with Crippen molar-refractivity contribution in [3.8, 4) is 5.75 Å². The summed E-state index contributed by atoms with van der Waals surface area (Å²) in [6, 6.07) is 7.85. The average Bonchev–Trinajstić information content (AvgIpc) is 2.57. The molecule has 0 saturated heterocycles. The van der Waals surface area contributed by atoms with Crippen molar-refractivity contribution in [3.05, 3.63) is 35.7 Å². The van der Waals surface area contributed by atoms with Gasteiger partial charge in [-0.3, -0.25) is 4.68 Å². The molecule has 0 aliphatic carbocycles. The molecule has 0 spiro atoms. The maximum Gasteiger partial charge on any atom is 0.142 e. The normalized spacial score (nSPS) is 10.4. The van der Waals surface area contributed by atoms with Gasteiger partial charge in [0, 0.05) is 7.05 Å². The van der Waals surface area contributed by atoms with E-state index < -0.39 is 0 Å². The number of aromatic nitrogens is 2. The molecule has 1 aromatic heterocycles. The minimum Gasteiger partial charge on any atom is -0.495 e. The number of methoxy groups -OCH3 is 1. The molecule has 2 rings (SSSR count). The third-order valence-corrected chi connectivity index (χ3v) is 2.88. The predicted molar refractivity (Wildman–Crippen MR) is 69.0 cm³/mol. The van der Waals surface area contributed by atoms with Gasteiger partial charge in [0.25, 0.3) is 0 Å². The minimum absolute atomic E-state index is 0.829. The third-order valence-electron chi connectivity index (χ3n) is 2.88. The van der Waals surface area contributed by atoms with Gasteiger partial charge in [0.05, 0.1) is 29.9 Å². The van der Waals surface area contributed by atoms with Gasteiger partial charge < -0.3 is 10.1 Å². The highest BCUT2D eigenvalue weighted by Gasteiger charge is 2.11. The van der Waals surface area contributed by atoms with Crippen LogP contribution in [-0.2, 0) is 7.05 Å². The van der Waals surface area contributed by atoms with Crippen LogP contribution in [-0.4, -0.2) is 16.9 Å². The van der Waals surface area contributed by atoms with Gasteiger partial charge in [0.15, 0.2) is 0 Å². The van der Waals surface area contributed by atoms with Gasteiger partial charge in [-0.25, -0.2) is 0 Å². The van der Waals surface area contributed by atoms with Gasteiger partial charge in [0.2, 0.25) is 0 Å². The molecule has 0 atom stereocenters. The molecule has 1 aromatic carbocycles. The zero-order valence-corrected chi connectivity index (χ0v) is 10.6. The molecule has 0 bridgehead atoms. The van der Waals surface area contributed by atoms with E-state index in [0.717, 1.165) is 28.5 Å². The molecule has 1 heterocycles. The van der Waals surface area contributed by atoms with Gasteiger partial charge in [-0.1, -0.05) is 12.1 Å². The lowest BCUT2D eigenvalue weighted by molar-refractivity contribution is 0.417. The molecule has 4 heteroatoms. The second-order valence-electron chi connectivity index (χ2n) is 3.99. The molecule has 0 unspecified atom stereocenters. The fourth-order valence-electron chi connectivity index (χ4n) is 1.84.